The van der Waals surface area contributed by atoms with E-state index in [1.807, 2.05) is 32.0 Å². The van der Waals surface area contributed by atoms with E-state index in [0.29, 0.717) is 5.56 Å². The molecule has 2 aromatic rings. The number of sulfonamides is 1. The highest BCUT2D eigenvalue weighted by Crippen LogP contribution is 2.45. The molecule has 1 aromatic heterocycles. The van der Waals surface area contributed by atoms with Gasteiger partial charge in [0.05, 0.1) is 0 Å². The molecule has 0 fully saturated rings. The molecule has 0 unspecified atom stereocenters. The van der Waals surface area contributed by atoms with Crippen LogP contribution >= 0.6 is 11.3 Å². The summed E-state index contributed by atoms with van der Waals surface area (Å²) in [5, 5.41) is 9.89. The number of phenolic OH excluding ortho intramolecular Hbond substituents is 1. The van der Waals surface area contributed by atoms with E-state index in [4.69, 9.17) is 0 Å². The average Bonchev–Trinajstić information content (AvgIpc) is 3.01. The van der Waals surface area contributed by atoms with Crippen molar-refractivity contribution in [1.29, 1.82) is 0 Å². The van der Waals surface area contributed by atoms with Gasteiger partial charge < -0.3 is 10.0 Å². The maximum Gasteiger partial charge on any atom is 0.293 e. The Morgan fingerprint density at radius 3 is 2.30 bits per heavy atom. The van der Waals surface area contributed by atoms with Gasteiger partial charge in [-0.15, -0.1) is 15.7 Å². The van der Waals surface area contributed by atoms with E-state index in [2.05, 4.69) is 18.2 Å². The Labute approximate surface area is 166 Å². The molecule has 0 spiro atoms. The van der Waals surface area contributed by atoms with Crippen LogP contribution in [0.15, 0.2) is 32.9 Å². The molecule has 0 atom stereocenters. The molecule has 0 radical (unpaired) electrons. The first-order valence-electron chi connectivity index (χ1n) is 8.95. The van der Waals surface area contributed by atoms with E-state index in [1.165, 1.54) is 17.7 Å². The van der Waals surface area contributed by atoms with Crippen LogP contribution in [0.3, 0.4) is 0 Å². The van der Waals surface area contributed by atoms with Crippen molar-refractivity contribution in [1.82, 2.24) is 4.90 Å². The Hall–Kier alpha value is -1.86. The normalized spacial score (nSPS) is 12.7. The van der Waals surface area contributed by atoms with Crippen molar-refractivity contribution in [2.75, 3.05) is 14.1 Å². The minimum Gasteiger partial charge on any atom is -0.508 e. The summed E-state index contributed by atoms with van der Waals surface area (Å²) in [6, 6.07) is 7.61. The third-order valence-corrected chi connectivity index (χ3v) is 8.23. The van der Waals surface area contributed by atoms with Crippen LogP contribution in [0.5, 0.6) is 5.75 Å². The number of rotatable bonds is 7. The Balaban J connectivity index is 2.62. The van der Waals surface area contributed by atoms with E-state index < -0.39 is 10.0 Å². The van der Waals surface area contributed by atoms with Gasteiger partial charge >= 0.3 is 0 Å². The zero-order valence-corrected chi connectivity index (χ0v) is 18.4. The quantitative estimate of drug-likeness (QED) is 0.543. The highest BCUT2D eigenvalue weighted by molar-refractivity contribution is 7.92. The van der Waals surface area contributed by atoms with Crippen molar-refractivity contribution in [2.24, 2.45) is 4.40 Å². The number of aryl methyl sites for hydroxylation is 2. The van der Waals surface area contributed by atoms with Crippen molar-refractivity contribution >= 4 is 27.7 Å². The van der Waals surface area contributed by atoms with E-state index in [9.17, 15) is 13.5 Å². The predicted molar refractivity (Wildman–Crippen MR) is 113 cm³/mol. The van der Waals surface area contributed by atoms with Crippen molar-refractivity contribution in [3.63, 3.8) is 0 Å². The molecule has 1 N–H and O–H groups in total. The number of phenols is 1. The Morgan fingerprint density at radius 1 is 1.15 bits per heavy atom. The topological polar surface area (TPSA) is 70.0 Å². The number of aromatic hydroxyl groups is 1. The van der Waals surface area contributed by atoms with Crippen molar-refractivity contribution in [2.45, 2.75) is 50.2 Å². The molecule has 2 rings (SSSR count). The third-order valence-electron chi connectivity index (χ3n) is 4.95. The standard InChI is InChI=1S/C20H28N2O3S2/c1-7-20(8-2,16-9-10-17(23)14(3)11-16)18-12-15(4)19(26-18)27(24,25)21-13-22(5)6/h9-13,23H,7-8H2,1-6H3/b21-13+. The lowest BCUT2D eigenvalue weighted by atomic mass is 9.74. The van der Waals surface area contributed by atoms with E-state index >= 15 is 0 Å². The van der Waals surface area contributed by atoms with Crippen LogP contribution in [-0.2, 0) is 15.4 Å². The van der Waals surface area contributed by atoms with Crippen LogP contribution in [0.4, 0.5) is 0 Å². The SMILES string of the molecule is CCC(CC)(c1ccc(O)c(C)c1)c1cc(C)c(S(=O)(=O)/N=C/N(C)C)s1. The zero-order valence-electron chi connectivity index (χ0n) is 16.8. The molecular weight excluding hydrogens is 380 g/mol. The van der Waals surface area contributed by atoms with Gasteiger partial charge in [0, 0.05) is 24.4 Å². The maximum absolute atomic E-state index is 12.7. The molecule has 148 valence electrons. The molecule has 0 bridgehead atoms. The van der Waals surface area contributed by atoms with Gasteiger partial charge in [0.1, 0.15) is 16.3 Å². The summed E-state index contributed by atoms with van der Waals surface area (Å²) >= 11 is 1.30. The summed E-state index contributed by atoms with van der Waals surface area (Å²) < 4.78 is 29.4. The van der Waals surface area contributed by atoms with Gasteiger partial charge in [-0.05, 0) is 55.5 Å². The second-order valence-electron chi connectivity index (χ2n) is 7.03. The molecule has 0 saturated carbocycles. The van der Waals surface area contributed by atoms with Crippen LogP contribution in [0.1, 0.15) is 48.3 Å². The van der Waals surface area contributed by atoms with Crippen LogP contribution < -0.4 is 0 Å². The average molecular weight is 409 g/mol. The molecule has 0 aliphatic carbocycles. The first-order valence-corrected chi connectivity index (χ1v) is 11.2. The monoisotopic (exact) mass is 408 g/mol. The van der Waals surface area contributed by atoms with E-state index in [0.717, 1.165) is 28.8 Å². The molecule has 1 heterocycles. The Morgan fingerprint density at radius 2 is 1.78 bits per heavy atom. The molecule has 0 aliphatic heterocycles. The second-order valence-corrected chi connectivity index (χ2v) is 9.91. The summed E-state index contributed by atoms with van der Waals surface area (Å²) in [6.07, 6.45) is 2.96. The fourth-order valence-corrected chi connectivity index (χ4v) is 6.21. The van der Waals surface area contributed by atoms with Crippen molar-refractivity contribution in [3.8, 4) is 5.75 Å². The molecule has 0 amide bonds. The van der Waals surface area contributed by atoms with Gasteiger partial charge in [-0.3, -0.25) is 0 Å². The van der Waals surface area contributed by atoms with Gasteiger partial charge in [-0.2, -0.15) is 8.42 Å². The van der Waals surface area contributed by atoms with Gasteiger partial charge in [0.15, 0.2) is 0 Å². The summed E-state index contributed by atoms with van der Waals surface area (Å²) in [6.45, 7) is 7.91. The summed E-state index contributed by atoms with van der Waals surface area (Å²) in [7, 11) is -0.264. The summed E-state index contributed by atoms with van der Waals surface area (Å²) in [5.41, 5.74) is 2.32. The molecule has 27 heavy (non-hydrogen) atoms. The zero-order chi connectivity index (χ0) is 20.4. The Bertz CT molecular complexity index is 940. The molecule has 1 aromatic carbocycles. The second kappa shape index (κ2) is 8.02. The van der Waals surface area contributed by atoms with Crippen LogP contribution in [0.2, 0.25) is 0 Å². The van der Waals surface area contributed by atoms with Crippen molar-refractivity contribution in [3.05, 3.63) is 45.8 Å². The van der Waals surface area contributed by atoms with Gasteiger partial charge in [0.2, 0.25) is 0 Å². The molecular formula is C20H28N2O3S2. The van der Waals surface area contributed by atoms with Crippen LogP contribution in [0.25, 0.3) is 0 Å². The van der Waals surface area contributed by atoms with Gasteiger partial charge in [0.25, 0.3) is 10.0 Å². The first-order chi connectivity index (χ1) is 12.6. The largest absolute Gasteiger partial charge is 0.508 e. The van der Waals surface area contributed by atoms with Crippen molar-refractivity contribution < 1.29 is 13.5 Å². The fraction of sp³-hybridized carbons (Fsp3) is 0.450. The number of hydrogen-bond acceptors (Lipinski definition) is 4. The lowest BCUT2D eigenvalue weighted by molar-refractivity contribution is 0.464. The first kappa shape index (κ1) is 21.4. The number of thiophene rings is 1. The van der Waals surface area contributed by atoms with E-state index in [1.54, 1.807) is 25.1 Å². The lowest BCUT2D eigenvalue weighted by Gasteiger charge is -2.32. The van der Waals surface area contributed by atoms with Crippen LogP contribution in [0, 0.1) is 13.8 Å². The highest BCUT2D eigenvalue weighted by Gasteiger charge is 2.34. The smallest absolute Gasteiger partial charge is 0.293 e. The summed E-state index contributed by atoms with van der Waals surface area (Å²) in [5.74, 6) is 0.267. The summed E-state index contributed by atoms with van der Waals surface area (Å²) in [4.78, 5) is 2.61. The maximum atomic E-state index is 12.7. The molecule has 5 nitrogen and oxygen atoms in total. The number of benzene rings is 1. The van der Waals surface area contributed by atoms with Gasteiger partial charge in [-0.25, -0.2) is 0 Å². The predicted octanol–water partition coefficient (Wildman–Crippen LogP) is 4.46. The Kier molecular flexibility index (Phi) is 6.37. The molecule has 7 heteroatoms. The molecule has 0 saturated heterocycles. The lowest BCUT2D eigenvalue weighted by Crippen LogP contribution is -2.24. The van der Waals surface area contributed by atoms with E-state index in [-0.39, 0.29) is 15.4 Å². The van der Waals surface area contributed by atoms with Gasteiger partial charge in [-0.1, -0.05) is 26.0 Å². The minimum absolute atomic E-state index is 0.267. The van der Waals surface area contributed by atoms with Crippen LogP contribution in [-0.4, -0.2) is 38.9 Å². The number of nitrogens with zero attached hydrogens (tertiary/aromatic N) is 2. The minimum atomic E-state index is -3.73. The third kappa shape index (κ3) is 4.19. The fourth-order valence-electron chi connectivity index (χ4n) is 3.26. The number of hydrogen-bond donors (Lipinski definition) is 1. The highest BCUT2D eigenvalue weighted by atomic mass is 32.2. The molecule has 0 aliphatic rings.